The highest BCUT2D eigenvalue weighted by Crippen LogP contribution is 2.16. The predicted octanol–water partition coefficient (Wildman–Crippen LogP) is 2.67. The van der Waals surface area contributed by atoms with Crippen LogP contribution in [0.3, 0.4) is 0 Å². The van der Waals surface area contributed by atoms with Crippen molar-refractivity contribution < 1.29 is 9.53 Å². The van der Waals surface area contributed by atoms with E-state index in [0.717, 1.165) is 48.0 Å². The molecule has 2 aromatic rings. The summed E-state index contributed by atoms with van der Waals surface area (Å²) >= 11 is 4.98. The summed E-state index contributed by atoms with van der Waals surface area (Å²) in [6.07, 6.45) is 0. The Bertz CT molecular complexity index is 671. The lowest BCUT2D eigenvalue weighted by atomic mass is 10.2. The van der Waals surface area contributed by atoms with Gasteiger partial charge in [0.05, 0.1) is 31.0 Å². The molecule has 122 valence electrons. The van der Waals surface area contributed by atoms with E-state index in [9.17, 15) is 4.79 Å². The van der Waals surface area contributed by atoms with Gasteiger partial charge in [-0.05, 0) is 28.1 Å². The van der Waals surface area contributed by atoms with Crippen molar-refractivity contribution in [3.8, 4) is 0 Å². The van der Waals surface area contributed by atoms with E-state index in [1.165, 1.54) is 0 Å². The molecule has 0 unspecified atom stereocenters. The number of ether oxygens (including phenoxy) is 1. The minimum atomic E-state index is -0.0950. The number of hydrogen-bond acceptors (Lipinski definition) is 5. The van der Waals surface area contributed by atoms with Gasteiger partial charge in [0, 0.05) is 29.5 Å². The summed E-state index contributed by atoms with van der Waals surface area (Å²) in [5, 5.41) is 5.91. The molecule has 1 aliphatic heterocycles. The molecule has 5 nitrogen and oxygen atoms in total. The SMILES string of the molecule is O=C(NCc1nc(CN2CCOCC2)cs1)c1ccccc1Br. The van der Waals surface area contributed by atoms with Crippen molar-refractivity contribution in [3.05, 3.63) is 50.4 Å². The minimum absolute atomic E-state index is 0.0950. The van der Waals surface area contributed by atoms with Gasteiger partial charge in [0.2, 0.25) is 0 Å². The lowest BCUT2D eigenvalue weighted by Gasteiger charge is -2.25. The van der Waals surface area contributed by atoms with E-state index >= 15 is 0 Å². The quantitative estimate of drug-likeness (QED) is 0.845. The van der Waals surface area contributed by atoms with Crippen LogP contribution in [0.5, 0.6) is 0 Å². The van der Waals surface area contributed by atoms with Gasteiger partial charge in [-0.2, -0.15) is 0 Å². The number of halogens is 1. The molecule has 1 aromatic heterocycles. The van der Waals surface area contributed by atoms with E-state index in [4.69, 9.17) is 4.74 Å². The van der Waals surface area contributed by atoms with Gasteiger partial charge in [0.1, 0.15) is 5.01 Å². The summed E-state index contributed by atoms with van der Waals surface area (Å²) in [6, 6.07) is 7.40. The zero-order valence-corrected chi connectivity index (χ0v) is 15.0. The summed E-state index contributed by atoms with van der Waals surface area (Å²) in [4.78, 5) is 19.1. The molecule has 3 rings (SSSR count). The molecule has 0 saturated carbocycles. The topological polar surface area (TPSA) is 54.5 Å². The van der Waals surface area contributed by atoms with Crippen LogP contribution in [0.15, 0.2) is 34.1 Å². The van der Waals surface area contributed by atoms with Gasteiger partial charge in [-0.15, -0.1) is 11.3 Å². The molecule has 0 atom stereocenters. The highest BCUT2D eigenvalue weighted by Gasteiger charge is 2.13. The maximum absolute atomic E-state index is 12.2. The van der Waals surface area contributed by atoms with Gasteiger partial charge in [-0.25, -0.2) is 4.98 Å². The van der Waals surface area contributed by atoms with Crippen molar-refractivity contribution in [1.29, 1.82) is 0 Å². The van der Waals surface area contributed by atoms with Gasteiger partial charge in [0.15, 0.2) is 0 Å². The number of morpholine rings is 1. The van der Waals surface area contributed by atoms with E-state index in [1.807, 2.05) is 18.2 Å². The monoisotopic (exact) mass is 395 g/mol. The van der Waals surface area contributed by atoms with Crippen molar-refractivity contribution in [1.82, 2.24) is 15.2 Å². The Morgan fingerprint density at radius 2 is 2.13 bits per heavy atom. The molecule has 2 heterocycles. The van der Waals surface area contributed by atoms with Crippen LogP contribution < -0.4 is 5.32 Å². The second-order valence-corrected chi connectivity index (χ2v) is 7.08. The second-order valence-electron chi connectivity index (χ2n) is 5.28. The summed E-state index contributed by atoms with van der Waals surface area (Å²) in [7, 11) is 0. The first kappa shape index (κ1) is 16.6. The van der Waals surface area contributed by atoms with E-state index < -0.39 is 0 Å². The van der Waals surface area contributed by atoms with E-state index in [0.29, 0.717) is 12.1 Å². The zero-order valence-electron chi connectivity index (χ0n) is 12.6. The largest absolute Gasteiger partial charge is 0.379 e. The first-order valence-electron chi connectivity index (χ1n) is 7.48. The number of rotatable bonds is 5. The number of amides is 1. The van der Waals surface area contributed by atoms with Crippen molar-refractivity contribution in [3.63, 3.8) is 0 Å². The van der Waals surface area contributed by atoms with Crippen LogP contribution in [0, 0.1) is 0 Å². The maximum Gasteiger partial charge on any atom is 0.252 e. The Kier molecular flexibility index (Phi) is 5.77. The third kappa shape index (κ3) is 4.60. The van der Waals surface area contributed by atoms with Gasteiger partial charge in [0.25, 0.3) is 5.91 Å². The third-order valence-electron chi connectivity index (χ3n) is 3.61. The molecule has 1 N–H and O–H groups in total. The molecule has 7 heteroatoms. The first-order chi connectivity index (χ1) is 11.2. The number of carbonyl (C=O) groups excluding carboxylic acids is 1. The summed E-state index contributed by atoms with van der Waals surface area (Å²) < 4.78 is 6.14. The summed E-state index contributed by atoms with van der Waals surface area (Å²) in [5.74, 6) is -0.0950. The van der Waals surface area contributed by atoms with Crippen molar-refractivity contribution >= 4 is 33.2 Å². The molecule has 0 radical (unpaired) electrons. The van der Waals surface area contributed by atoms with Gasteiger partial charge < -0.3 is 10.1 Å². The minimum Gasteiger partial charge on any atom is -0.379 e. The molecular weight excluding hydrogens is 378 g/mol. The maximum atomic E-state index is 12.2. The Morgan fingerprint density at radius 1 is 1.35 bits per heavy atom. The average molecular weight is 396 g/mol. The molecule has 23 heavy (non-hydrogen) atoms. The average Bonchev–Trinajstić information content (AvgIpc) is 3.01. The zero-order chi connectivity index (χ0) is 16.1. The van der Waals surface area contributed by atoms with Crippen molar-refractivity contribution in [2.75, 3.05) is 26.3 Å². The number of nitrogens with zero attached hydrogens (tertiary/aromatic N) is 2. The number of nitrogens with one attached hydrogen (secondary N) is 1. The number of aromatic nitrogens is 1. The van der Waals surface area contributed by atoms with Gasteiger partial charge >= 0.3 is 0 Å². The van der Waals surface area contributed by atoms with E-state index in [2.05, 4.69) is 36.5 Å². The summed E-state index contributed by atoms with van der Waals surface area (Å²) in [6.45, 7) is 4.78. The third-order valence-corrected chi connectivity index (χ3v) is 5.20. The highest BCUT2D eigenvalue weighted by molar-refractivity contribution is 9.10. The smallest absolute Gasteiger partial charge is 0.252 e. The molecular formula is C16H18BrN3O2S. The number of carbonyl (C=O) groups is 1. The Balaban J connectivity index is 1.53. The van der Waals surface area contributed by atoms with Crippen molar-refractivity contribution in [2.45, 2.75) is 13.1 Å². The van der Waals surface area contributed by atoms with E-state index in [1.54, 1.807) is 17.4 Å². The predicted molar refractivity (Wildman–Crippen MR) is 93.5 cm³/mol. The molecule has 1 saturated heterocycles. The van der Waals surface area contributed by atoms with E-state index in [-0.39, 0.29) is 5.91 Å². The lowest BCUT2D eigenvalue weighted by Crippen LogP contribution is -2.35. The number of benzene rings is 1. The molecule has 0 aliphatic carbocycles. The van der Waals surface area contributed by atoms with Crippen LogP contribution in [-0.2, 0) is 17.8 Å². The Labute approximate surface area is 147 Å². The van der Waals surface area contributed by atoms with Crippen LogP contribution in [0.25, 0.3) is 0 Å². The fourth-order valence-corrected chi connectivity index (χ4v) is 3.58. The fraction of sp³-hybridized carbons (Fsp3) is 0.375. The normalized spacial score (nSPS) is 15.5. The molecule has 1 amide bonds. The lowest BCUT2D eigenvalue weighted by molar-refractivity contribution is 0.0337. The first-order valence-corrected chi connectivity index (χ1v) is 9.16. The van der Waals surface area contributed by atoms with Gasteiger partial charge in [-0.1, -0.05) is 12.1 Å². The molecule has 0 spiro atoms. The van der Waals surface area contributed by atoms with Crippen molar-refractivity contribution in [2.24, 2.45) is 0 Å². The second kappa shape index (κ2) is 8.01. The molecule has 0 bridgehead atoms. The van der Waals surface area contributed by atoms with Crippen LogP contribution in [0.2, 0.25) is 0 Å². The summed E-state index contributed by atoms with van der Waals surface area (Å²) in [5.41, 5.74) is 1.69. The van der Waals surface area contributed by atoms with Crippen LogP contribution in [-0.4, -0.2) is 42.1 Å². The van der Waals surface area contributed by atoms with Crippen LogP contribution in [0.4, 0.5) is 0 Å². The molecule has 1 aliphatic rings. The fourth-order valence-electron chi connectivity index (χ4n) is 2.39. The van der Waals surface area contributed by atoms with Crippen LogP contribution >= 0.6 is 27.3 Å². The molecule has 1 aromatic carbocycles. The Morgan fingerprint density at radius 3 is 2.91 bits per heavy atom. The number of hydrogen-bond donors (Lipinski definition) is 1. The number of thiazole rings is 1. The highest BCUT2D eigenvalue weighted by atomic mass is 79.9. The Hall–Kier alpha value is -1.28. The molecule has 1 fully saturated rings. The standard InChI is InChI=1S/C16H18BrN3O2S/c17-14-4-2-1-3-13(14)16(21)18-9-15-19-12(11-23-15)10-20-5-7-22-8-6-20/h1-4,11H,5-10H2,(H,18,21). The van der Waals surface area contributed by atoms with Crippen LogP contribution in [0.1, 0.15) is 21.1 Å². The van der Waals surface area contributed by atoms with Gasteiger partial charge in [-0.3, -0.25) is 9.69 Å².